The zero-order valence-corrected chi connectivity index (χ0v) is 19.7. The number of anilines is 1. The number of aryl methyl sites for hydroxylation is 2. The summed E-state index contributed by atoms with van der Waals surface area (Å²) >= 11 is 3.36. The molecule has 31 heavy (non-hydrogen) atoms. The summed E-state index contributed by atoms with van der Waals surface area (Å²) in [5.74, 6) is 1.09. The molecule has 160 valence electrons. The fourth-order valence-corrected chi connectivity index (χ4v) is 5.21. The van der Waals surface area contributed by atoms with Crippen LogP contribution >= 0.6 is 23.1 Å². The van der Waals surface area contributed by atoms with E-state index >= 15 is 0 Å². The lowest BCUT2D eigenvalue weighted by Crippen LogP contribution is -2.35. The Morgan fingerprint density at radius 2 is 1.90 bits per heavy atom. The number of para-hydroxylation sites is 1. The highest BCUT2D eigenvalue weighted by molar-refractivity contribution is 7.99. The van der Waals surface area contributed by atoms with E-state index in [1.54, 1.807) is 23.1 Å². The van der Waals surface area contributed by atoms with Crippen LogP contribution in [0.4, 0.5) is 5.13 Å². The summed E-state index contributed by atoms with van der Waals surface area (Å²) in [4.78, 5) is 21.2. The number of carbonyl (C=O) groups excluding carboxylic acids is 1. The van der Waals surface area contributed by atoms with Crippen molar-refractivity contribution in [3.05, 3.63) is 71.5 Å². The predicted octanol–water partition coefficient (Wildman–Crippen LogP) is 5.50. The van der Waals surface area contributed by atoms with Crippen molar-refractivity contribution in [1.82, 2.24) is 14.8 Å². The third-order valence-electron chi connectivity index (χ3n) is 5.04. The van der Waals surface area contributed by atoms with Gasteiger partial charge in [0.2, 0.25) is 5.91 Å². The molecule has 2 heterocycles. The van der Waals surface area contributed by atoms with Crippen LogP contribution in [0.3, 0.4) is 0 Å². The fourth-order valence-electron chi connectivity index (χ4n) is 3.54. The lowest BCUT2D eigenvalue weighted by Gasteiger charge is -2.20. The topological polar surface area (TPSA) is 51.0 Å². The highest BCUT2D eigenvalue weighted by Gasteiger charge is 2.20. The number of hydrogen-bond donors (Lipinski definition) is 0. The molecule has 0 unspecified atom stereocenters. The fraction of sp³-hybridized carbons (Fsp3) is 0.292. The number of fused-ring (bicyclic) bond motifs is 1. The molecule has 5 nitrogen and oxygen atoms in total. The number of amides is 1. The number of benzene rings is 2. The molecule has 0 bridgehead atoms. The Kier molecular flexibility index (Phi) is 6.73. The van der Waals surface area contributed by atoms with Crippen LogP contribution in [0, 0.1) is 13.8 Å². The highest BCUT2D eigenvalue weighted by Crippen LogP contribution is 2.29. The molecule has 0 N–H and O–H groups in total. The average molecular weight is 451 g/mol. The number of rotatable bonds is 8. The van der Waals surface area contributed by atoms with Crippen molar-refractivity contribution < 1.29 is 4.79 Å². The Balaban J connectivity index is 1.57. The van der Waals surface area contributed by atoms with Gasteiger partial charge in [-0.3, -0.25) is 14.4 Å². The van der Waals surface area contributed by atoms with Gasteiger partial charge in [0.1, 0.15) is 0 Å². The monoisotopic (exact) mass is 450 g/mol. The molecule has 0 aliphatic rings. The van der Waals surface area contributed by atoms with E-state index in [-0.39, 0.29) is 5.91 Å². The van der Waals surface area contributed by atoms with Gasteiger partial charge >= 0.3 is 0 Å². The molecule has 0 fully saturated rings. The zero-order valence-electron chi connectivity index (χ0n) is 18.0. The maximum absolute atomic E-state index is 13.4. The minimum Gasteiger partial charge on any atom is -0.286 e. The molecule has 0 aliphatic heterocycles. The summed E-state index contributed by atoms with van der Waals surface area (Å²) in [5.41, 5.74) is 4.02. The number of thioether (sulfide) groups is 1. The number of aromatic nitrogens is 3. The van der Waals surface area contributed by atoms with E-state index in [0.29, 0.717) is 19.5 Å². The summed E-state index contributed by atoms with van der Waals surface area (Å²) in [6.07, 6.45) is 0.351. The van der Waals surface area contributed by atoms with Crippen LogP contribution in [0.2, 0.25) is 0 Å². The van der Waals surface area contributed by atoms with E-state index in [1.165, 1.54) is 4.90 Å². The van der Waals surface area contributed by atoms with Gasteiger partial charge in [0.25, 0.3) is 0 Å². The van der Waals surface area contributed by atoms with Crippen molar-refractivity contribution in [2.75, 3.05) is 17.2 Å². The van der Waals surface area contributed by atoms with Crippen LogP contribution in [0.15, 0.2) is 59.5 Å². The Morgan fingerprint density at radius 3 is 2.58 bits per heavy atom. The van der Waals surface area contributed by atoms with E-state index in [4.69, 9.17) is 4.98 Å². The lowest BCUT2D eigenvalue weighted by atomic mass is 10.1. The van der Waals surface area contributed by atoms with Gasteiger partial charge in [-0.2, -0.15) is 5.10 Å². The minimum atomic E-state index is 0.0523. The van der Waals surface area contributed by atoms with Gasteiger partial charge < -0.3 is 0 Å². The van der Waals surface area contributed by atoms with Crippen LogP contribution < -0.4 is 4.90 Å². The number of hydrogen-bond acceptors (Lipinski definition) is 5. The standard InChI is InChI=1S/C24H26N4OS2/c1-4-30-20-11-9-19(10-12-20)16-23(29)27(13-14-28-18(3)15-17(2)26-28)24-25-21-7-5-6-8-22(21)31-24/h5-12,15H,4,13-14,16H2,1-3H3. The molecule has 0 saturated carbocycles. The van der Waals surface area contributed by atoms with Crippen molar-refractivity contribution in [3.8, 4) is 0 Å². The maximum Gasteiger partial charge on any atom is 0.233 e. The molecule has 0 spiro atoms. The molecular weight excluding hydrogens is 424 g/mol. The SMILES string of the molecule is CCSc1ccc(CC(=O)N(CCn2nc(C)cc2C)c2nc3ccccc3s2)cc1. The molecule has 1 amide bonds. The second-order valence-corrected chi connectivity index (χ2v) is 9.76. The van der Waals surface area contributed by atoms with E-state index < -0.39 is 0 Å². The summed E-state index contributed by atoms with van der Waals surface area (Å²) in [7, 11) is 0. The van der Waals surface area contributed by atoms with Crippen LogP contribution in [-0.2, 0) is 17.8 Å². The lowest BCUT2D eigenvalue weighted by molar-refractivity contribution is -0.118. The first kappa shape index (κ1) is 21.6. The van der Waals surface area contributed by atoms with Crippen LogP contribution in [0.1, 0.15) is 23.9 Å². The highest BCUT2D eigenvalue weighted by atomic mass is 32.2. The largest absolute Gasteiger partial charge is 0.286 e. The molecule has 0 radical (unpaired) electrons. The number of carbonyl (C=O) groups is 1. The average Bonchev–Trinajstić information content (AvgIpc) is 3.32. The van der Waals surface area contributed by atoms with E-state index in [2.05, 4.69) is 30.2 Å². The van der Waals surface area contributed by atoms with Gasteiger partial charge in [0, 0.05) is 17.1 Å². The van der Waals surface area contributed by atoms with Crippen molar-refractivity contribution in [3.63, 3.8) is 0 Å². The molecule has 2 aromatic carbocycles. The summed E-state index contributed by atoms with van der Waals surface area (Å²) in [6, 6.07) is 18.4. The molecule has 4 rings (SSSR count). The van der Waals surface area contributed by atoms with Gasteiger partial charge in [-0.25, -0.2) is 4.98 Å². The second-order valence-electron chi connectivity index (χ2n) is 7.41. The molecular formula is C24H26N4OS2. The summed E-state index contributed by atoms with van der Waals surface area (Å²) < 4.78 is 3.04. The summed E-state index contributed by atoms with van der Waals surface area (Å²) in [5, 5.41) is 5.29. The van der Waals surface area contributed by atoms with Crippen molar-refractivity contribution in [2.45, 2.75) is 38.6 Å². The third kappa shape index (κ3) is 5.17. The third-order valence-corrected chi connectivity index (χ3v) is 7.00. The molecule has 2 aromatic heterocycles. The van der Waals surface area contributed by atoms with Crippen molar-refractivity contribution >= 4 is 44.4 Å². The molecule has 0 saturated heterocycles. The molecule has 0 aliphatic carbocycles. The van der Waals surface area contributed by atoms with Gasteiger partial charge in [-0.15, -0.1) is 11.8 Å². The normalized spacial score (nSPS) is 11.2. The van der Waals surface area contributed by atoms with Crippen LogP contribution in [0.5, 0.6) is 0 Å². The zero-order chi connectivity index (χ0) is 21.8. The van der Waals surface area contributed by atoms with Crippen molar-refractivity contribution in [2.24, 2.45) is 0 Å². The quantitative estimate of drug-likeness (QED) is 0.333. The predicted molar refractivity (Wildman–Crippen MR) is 130 cm³/mol. The van der Waals surface area contributed by atoms with Crippen LogP contribution in [-0.4, -0.2) is 33.0 Å². The van der Waals surface area contributed by atoms with E-state index in [9.17, 15) is 4.79 Å². The first-order valence-corrected chi connectivity index (χ1v) is 12.2. The Bertz CT molecular complexity index is 1150. The smallest absolute Gasteiger partial charge is 0.233 e. The van der Waals surface area contributed by atoms with Gasteiger partial charge in [0.05, 0.1) is 28.9 Å². The van der Waals surface area contributed by atoms with Crippen LogP contribution in [0.25, 0.3) is 10.2 Å². The van der Waals surface area contributed by atoms with E-state index in [0.717, 1.165) is 38.1 Å². The first-order valence-electron chi connectivity index (χ1n) is 10.4. The number of nitrogens with zero attached hydrogens (tertiary/aromatic N) is 4. The molecule has 0 atom stereocenters. The Labute approximate surface area is 191 Å². The first-order chi connectivity index (χ1) is 15.0. The van der Waals surface area contributed by atoms with Crippen molar-refractivity contribution in [1.29, 1.82) is 0 Å². The maximum atomic E-state index is 13.4. The van der Waals surface area contributed by atoms with Gasteiger partial charge in [-0.1, -0.05) is 42.5 Å². The minimum absolute atomic E-state index is 0.0523. The van der Waals surface area contributed by atoms with Gasteiger partial charge in [-0.05, 0) is 55.5 Å². The van der Waals surface area contributed by atoms with Gasteiger partial charge in [0.15, 0.2) is 5.13 Å². The Morgan fingerprint density at radius 1 is 1.13 bits per heavy atom. The second kappa shape index (κ2) is 9.66. The van der Waals surface area contributed by atoms with E-state index in [1.807, 2.05) is 59.8 Å². The Hall–Kier alpha value is -2.64. The molecule has 4 aromatic rings. The number of thiazole rings is 1. The molecule has 7 heteroatoms. The summed E-state index contributed by atoms with van der Waals surface area (Å²) in [6.45, 7) is 7.33.